The highest BCUT2D eigenvalue weighted by molar-refractivity contribution is 6.05. The van der Waals surface area contributed by atoms with E-state index >= 15 is 0 Å². The molecule has 0 saturated carbocycles. The van der Waals surface area contributed by atoms with E-state index in [4.69, 9.17) is 4.74 Å². The van der Waals surface area contributed by atoms with E-state index in [0.29, 0.717) is 17.9 Å². The molecule has 7 nitrogen and oxygen atoms in total. The summed E-state index contributed by atoms with van der Waals surface area (Å²) >= 11 is 0. The van der Waals surface area contributed by atoms with Crippen molar-refractivity contribution in [3.63, 3.8) is 0 Å². The van der Waals surface area contributed by atoms with Crippen LogP contribution in [-0.2, 0) is 4.74 Å². The van der Waals surface area contributed by atoms with Gasteiger partial charge in [-0.1, -0.05) is 13.0 Å². The summed E-state index contributed by atoms with van der Waals surface area (Å²) in [5.41, 5.74) is 0.959. The number of ether oxygens (including phenoxy) is 1. The molecule has 0 heterocycles. The zero-order chi connectivity index (χ0) is 17.5. The van der Waals surface area contributed by atoms with Gasteiger partial charge in [0.2, 0.25) is 0 Å². The van der Waals surface area contributed by atoms with Crippen LogP contribution in [0.2, 0.25) is 0 Å². The Bertz CT molecular complexity index is 756. The number of nitro benzene ring substituents is 1. The van der Waals surface area contributed by atoms with Gasteiger partial charge < -0.3 is 10.1 Å². The minimum absolute atomic E-state index is 0.0905. The van der Waals surface area contributed by atoms with Gasteiger partial charge in [0.15, 0.2) is 0 Å². The molecule has 0 bridgehead atoms. The number of esters is 1. The second-order valence-electron chi connectivity index (χ2n) is 4.97. The molecule has 0 fully saturated rings. The predicted molar refractivity (Wildman–Crippen MR) is 88.1 cm³/mol. The van der Waals surface area contributed by atoms with Crippen LogP contribution in [0.4, 0.5) is 11.4 Å². The van der Waals surface area contributed by atoms with Crippen LogP contribution in [0.1, 0.15) is 34.1 Å². The second kappa shape index (κ2) is 7.87. The Hall–Kier alpha value is -3.22. The largest absolute Gasteiger partial charge is 0.462 e. The molecule has 1 amide bonds. The summed E-state index contributed by atoms with van der Waals surface area (Å²) in [5, 5.41) is 13.3. The van der Waals surface area contributed by atoms with E-state index in [-0.39, 0.29) is 11.3 Å². The van der Waals surface area contributed by atoms with E-state index < -0.39 is 16.8 Å². The van der Waals surface area contributed by atoms with Gasteiger partial charge in [0.1, 0.15) is 0 Å². The molecule has 7 heteroatoms. The average Bonchev–Trinajstić information content (AvgIpc) is 2.60. The smallest absolute Gasteiger partial charge is 0.338 e. The molecule has 2 aromatic carbocycles. The molecule has 0 spiro atoms. The molecule has 2 rings (SSSR count). The van der Waals surface area contributed by atoms with E-state index in [1.807, 2.05) is 6.92 Å². The maximum Gasteiger partial charge on any atom is 0.338 e. The van der Waals surface area contributed by atoms with Crippen LogP contribution >= 0.6 is 0 Å². The van der Waals surface area contributed by atoms with Gasteiger partial charge in [-0.25, -0.2) is 4.79 Å². The zero-order valence-corrected chi connectivity index (χ0v) is 13.0. The normalized spacial score (nSPS) is 10.0. The zero-order valence-electron chi connectivity index (χ0n) is 13.0. The van der Waals surface area contributed by atoms with Crippen molar-refractivity contribution >= 4 is 23.3 Å². The summed E-state index contributed by atoms with van der Waals surface area (Å²) < 4.78 is 5.04. The molecule has 2 aromatic rings. The molecule has 0 aromatic heterocycles. The number of carbonyl (C=O) groups excluding carboxylic acids is 2. The molecular weight excluding hydrogens is 312 g/mol. The quantitative estimate of drug-likeness (QED) is 0.498. The number of hydrogen-bond acceptors (Lipinski definition) is 5. The van der Waals surface area contributed by atoms with Crippen LogP contribution < -0.4 is 5.32 Å². The Kier molecular flexibility index (Phi) is 5.62. The number of rotatable bonds is 6. The van der Waals surface area contributed by atoms with Crippen molar-refractivity contribution in [1.29, 1.82) is 0 Å². The molecule has 0 unspecified atom stereocenters. The van der Waals surface area contributed by atoms with E-state index in [0.717, 1.165) is 6.42 Å². The molecule has 24 heavy (non-hydrogen) atoms. The number of anilines is 1. The lowest BCUT2D eigenvalue weighted by atomic mass is 10.1. The van der Waals surface area contributed by atoms with Crippen LogP contribution in [0.15, 0.2) is 48.5 Å². The predicted octanol–water partition coefficient (Wildman–Crippen LogP) is 3.41. The third-order valence-electron chi connectivity index (χ3n) is 3.13. The first-order valence-corrected chi connectivity index (χ1v) is 7.34. The Balaban J connectivity index is 2.08. The highest BCUT2D eigenvalue weighted by atomic mass is 16.6. The van der Waals surface area contributed by atoms with E-state index in [1.165, 1.54) is 30.3 Å². The van der Waals surface area contributed by atoms with Gasteiger partial charge in [-0.05, 0) is 36.8 Å². The Labute approximate surface area is 138 Å². The molecule has 1 N–H and O–H groups in total. The first-order chi connectivity index (χ1) is 11.5. The summed E-state index contributed by atoms with van der Waals surface area (Å²) in [6.45, 7) is 2.23. The third kappa shape index (κ3) is 4.39. The van der Waals surface area contributed by atoms with Gasteiger partial charge in [-0.15, -0.1) is 0 Å². The molecule has 0 aliphatic heterocycles. The van der Waals surface area contributed by atoms with Gasteiger partial charge in [0, 0.05) is 23.4 Å². The first kappa shape index (κ1) is 17.1. The minimum Gasteiger partial charge on any atom is -0.462 e. The molecule has 0 aliphatic rings. The maximum absolute atomic E-state index is 12.2. The topological polar surface area (TPSA) is 98.5 Å². The SMILES string of the molecule is CCCOC(=O)c1cccc(NC(=O)c2ccc([N+](=O)[O-])cc2)c1. The molecule has 0 aliphatic carbocycles. The Morgan fingerprint density at radius 2 is 1.83 bits per heavy atom. The van der Waals surface area contributed by atoms with Crippen LogP contribution in [-0.4, -0.2) is 23.4 Å². The highest BCUT2D eigenvalue weighted by Gasteiger charge is 2.11. The number of hydrogen-bond donors (Lipinski definition) is 1. The number of nitrogens with one attached hydrogen (secondary N) is 1. The van der Waals surface area contributed by atoms with Crippen molar-refractivity contribution in [3.8, 4) is 0 Å². The number of non-ortho nitro benzene ring substituents is 1. The summed E-state index contributed by atoms with van der Waals surface area (Å²) in [6, 6.07) is 11.6. The van der Waals surface area contributed by atoms with Gasteiger partial charge in [-0.3, -0.25) is 14.9 Å². The van der Waals surface area contributed by atoms with Crippen molar-refractivity contribution in [2.45, 2.75) is 13.3 Å². The molecular formula is C17H16N2O5. The van der Waals surface area contributed by atoms with Crippen LogP contribution in [0, 0.1) is 10.1 Å². The summed E-state index contributed by atoms with van der Waals surface area (Å²) in [5.74, 6) is -0.882. The first-order valence-electron chi connectivity index (χ1n) is 7.34. The summed E-state index contributed by atoms with van der Waals surface area (Å²) in [6.07, 6.45) is 0.725. The fourth-order valence-electron chi connectivity index (χ4n) is 1.94. The summed E-state index contributed by atoms with van der Waals surface area (Å²) in [4.78, 5) is 34.0. The number of amides is 1. The van der Waals surface area contributed by atoms with Crippen LogP contribution in [0.5, 0.6) is 0 Å². The van der Waals surface area contributed by atoms with Crippen molar-refractivity contribution in [2.75, 3.05) is 11.9 Å². The van der Waals surface area contributed by atoms with Crippen molar-refractivity contribution in [1.82, 2.24) is 0 Å². The third-order valence-corrected chi connectivity index (χ3v) is 3.13. The van der Waals surface area contributed by atoms with Gasteiger partial charge in [0.25, 0.3) is 11.6 Å². The second-order valence-corrected chi connectivity index (χ2v) is 4.97. The lowest BCUT2D eigenvalue weighted by molar-refractivity contribution is -0.384. The van der Waals surface area contributed by atoms with Crippen LogP contribution in [0.3, 0.4) is 0 Å². The lowest BCUT2D eigenvalue weighted by Gasteiger charge is -2.07. The van der Waals surface area contributed by atoms with Gasteiger partial charge in [-0.2, -0.15) is 0 Å². The number of nitro groups is 1. The lowest BCUT2D eigenvalue weighted by Crippen LogP contribution is -2.13. The molecule has 124 valence electrons. The van der Waals surface area contributed by atoms with Gasteiger partial charge in [0.05, 0.1) is 17.1 Å². The van der Waals surface area contributed by atoms with E-state index in [9.17, 15) is 19.7 Å². The summed E-state index contributed by atoms with van der Waals surface area (Å²) in [7, 11) is 0. The fraction of sp³-hybridized carbons (Fsp3) is 0.176. The number of benzene rings is 2. The maximum atomic E-state index is 12.2. The Morgan fingerprint density at radius 1 is 1.12 bits per heavy atom. The van der Waals surface area contributed by atoms with Gasteiger partial charge >= 0.3 is 5.97 Å². The van der Waals surface area contributed by atoms with E-state index in [2.05, 4.69) is 5.32 Å². The monoisotopic (exact) mass is 328 g/mol. The number of carbonyl (C=O) groups is 2. The molecule has 0 radical (unpaired) electrons. The highest BCUT2D eigenvalue weighted by Crippen LogP contribution is 2.16. The number of nitrogens with zero attached hydrogens (tertiary/aromatic N) is 1. The molecule has 0 saturated heterocycles. The fourth-order valence-corrected chi connectivity index (χ4v) is 1.94. The van der Waals surface area contributed by atoms with E-state index in [1.54, 1.807) is 18.2 Å². The van der Waals surface area contributed by atoms with Crippen molar-refractivity contribution in [3.05, 3.63) is 69.8 Å². The molecule has 0 atom stereocenters. The van der Waals surface area contributed by atoms with Crippen molar-refractivity contribution in [2.24, 2.45) is 0 Å². The Morgan fingerprint density at radius 3 is 2.46 bits per heavy atom. The minimum atomic E-state index is -0.535. The standard InChI is InChI=1S/C17H16N2O5/c1-2-10-24-17(21)13-4-3-5-14(11-13)18-16(20)12-6-8-15(9-7-12)19(22)23/h3-9,11H,2,10H2,1H3,(H,18,20). The average molecular weight is 328 g/mol. The van der Waals surface area contributed by atoms with Crippen molar-refractivity contribution < 1.29 is 19.2 Å². The van der Waals surface area contributed by atoms with Crippen LogP contribution in [0.25, 0.3) is 0 Å².